The van der Waals surface area contributed by atoms with Gasteiger partial charge in [0.25, 0.3) is 5.91 Å². The van der Waals surface area contributed by atoms with Crippen LogP contribution in [0.25, 0.3) is 0 Å². The van der Waals surface area contributed by atoms with Crippen molar-refractivity contribution in [1.29, 1.82) is 0 Å². The van der Waals surface area contributed by atoms with Gasteiger partial charge in [0.15, 0.2) is 0 Å². The minimum atomic E-state index is -0.450. The van der Waals surface area contributed by atoms with Gasteiger partial charge in [0.05, 0.1) is 8.66 Å². The third-order valence-corrected chi connectivity index (χ3v) is 6.14. The van der Waals surface area contributed by atoms with Gasteiger partial charge in [0.2, 0.25) is 0 Å². The molecule has 0 aliphatic rings. The van der Waals surface area contributed by atoms with Crippen molar-refractivity contribution in [2.75, 3.05) is 0 Å². The van der Waals surface area contributed by atoms with Gasteiger partial charge in [-0.1, -0.05) is 24.4 Å². The van der Waals surface area contributed by atoms with Crippen molar-refractivity contribution in [2.45, 2.75) is 6.54 Å². The van der Waals surface area contributed by atoms with Crippen LogP contribution < -0.4 is 11.1 Å². The summed E-state index contributed by atoms with van der Waals surface area (Å²) in [5.74, 6) is -0.710. The Morgan fingerprint density at radius 2 is 2.10 bits per heavy atom. The fourth-order valence-electron chi connectivity index (χ4n) is 1.57. The first-order valence-corrected chi connectivity index (χ1v) is 8.51. The molecule has 2 aromatic rings. The van der Waals surface area contributed by atoms with Crippen LogP contribution in [0.2, 0.25) is 0 Å². The quantitative estimate of drug-likeness (QED) is 0.691. The van der Waals surface area contributed by atoms with Crippen LogP contribution in [-0.4, -0.2) is 10.9 Å². The molecule has 0 saturated heterocycles. The summed E-state index contributed by atoms with van der Waals surface area (Å²) < 4.78 is 15.5. The van der Waals surface area contributed by atoms with Crippen molar-refractivity contribution in [2.24, 2.45) is 5.73 Å². The fraction of sp³-hybridized carbons (Fsp3) is 0.0769. The van der Waals surface area contributed by atoms with E-state index < -0.39 is 5.82 Å². The molecule has 0 atom stereocenters. The number of carbonyl (C=O) groups is 1. The van der Waals surface area contributed by atoms with Crippen LogP contribution in [0, 0.1) is 5.82 Å². The Kier molecular flexibility index (Phi) is 5.48. The number of thiocarbonyl (C=S) groups is 1. The van der Waals surface area contributed by atoms with Crippen molar-refractivity contribution >= 4 is 66.3 Å². The van der Waals surface area contributed by atoms with Crippen LogP contribution in [-0.2, 0) is 6.54 Å². The van der Waals surface area contributed by atoms with E-state index in [1.54, 1.807) is 18.2 Å². The molecule has 1 amide bonds. The fourth-order valence-corrected chi connectivity index (χ4v) is 3.64. The second-order valence-corrected chi connectivity index (χ2v) is 7.75. The van der Waals surface area contributed by atoms with E-state index in [-0.39, 0.29) is 17.4 Å². The second-order valence-electron chi connectivity index (χ2n) is 4.09. The van der Waals surface area contributed by atoms with Crippen molar-refractivity contribution < 1.29 is 9.18 Å². The summed E-state index contributed by atoms with van der Waals surface area (Å²) in [5, 5.41) is 2.67. The first kappa shape index (κ1) is 16.5. The minimum absolute atomic E-state index is 0.0927. The molecule has 0 bridgehead atoms. The standard InChI is InChI=1S/C13H9Br2FN2OS2/c14-8-4-10(21-11(8)15)13(19)18-5-7-2-1-6(12(17)20)3-9(7)16/h1-4H,5H2,(H2,17,20)(H,18,19). The van der Waals surface area contributed by atoms with Crippen LogP contribution in [0.15, 0.2) is 32.5 Å². The Morgan fingerprint density at radius 1 is 1.38 bits per heavy atom. The summed E-state index contributed by atoms with van der Waals surface area (Å²) in [7, 11) is 0. The molecule has 1 aromatic carbocycles. The number of rotatable bonds is 4. The summed E-state index contributed by atoms with van der Waals surface area (Å²) in [4.78, 5) is 12.6. The normalized spacial score (nSPS) is 10.4. The summed E-state index contributed by atoms with van der Waals surface area (Å²) in [6.45, 7) is 0.0927. The molecule has 0 aliphatic carbocycles. The van der Waals surface area contributed by atoms with Crippen molar-refractivity contribution in [1.82, 2.24) is 5.32 Å². The molecule has 110 valence electrons. The highest BCUT2D eigenvalue weighted by atomic mass is 79.9. The third-order valence-electron chi connectivity index (χ3n) is 2.65. The average Bonchev–Trinajstić information content (AvgIpc) is 2.77. The number of nitrogens with two attached hydrogens (primary N) is 1. The Morgan fingerprint density at radius 3 is 2.62 bits per heavy atom. The monoisotopic (exact) mass is 450 g/mol. The molecule has 21 heavy (non-hydrogen) atoms. The van der Waals surface area contributed by atoms with Crippen LogP contribution in [0.5, 0.6) is 0 Å². The van der Waals surface area contributed by atoms with Gasteiger partial charge in [-0.05, 0) is 44.0 Å². The lowest BCUT2D eigenvalue weighted by molar-refractivity contribution is 0.0954. The zero-order valence-electron chi connectivity index (χ0n) is 10.5. The molecule has 3 nitrogen and oxygen atoms in total. The third kappa shape index (κ3) is 4.09. The predicted octanol–water partition coefficient (Wildman–Crippen LogP) is 3.98. The zero-order chi connectivity index (χ0) is 15.6. The molecule has 0 saturated carbocycles. The van der Waals surface area contributed by atoms with Gasteiger partial charge >= 0.3 is 0 Å². The maximum atomic E-state index is 13.9. The summed E-state index contributed by atoms with van der Waals surface area (Å²) in [6, 6.07) is 6.16. The van der Waals surface area contributed by atoms with Gasteiger partial charge in [0.1, 0.15) is 10.8 Å². The Balaban J connectivity index is 2.06. The molecule has 0 fully saturated rings. The van der Waals surface area contributed by atoms with Crippen molar-refractivity contribution in [3.8, 4) is 0 Å². The smallest absolute Gasteiger partial charge is 0.261 e. The molecule has 0 radical (unpaired) electrons. The van der Waals surface area contributed by atoms with Gasteiger partial charge in [-0.15, -0.1) is 11.3 Å². The van der Waals surface area contributed by atoms with E-state index in [1.165, 1.54) is 17.4 Å². The highest BCUT2D eigenvalue weighted by Crippen LogP contribution is 2.32. The Labute approximate surface area is 147 Å². The van der Waals surface area contributed by atoms with Crippen molar-refractivity contribution in [3.63, 3.8) is 0 Å². The maximum Gasteiger partial charge on any atom is 0.261 e. The molecule has 8 heteroatoms. The average molecular weight is 452 g/mol. The molecule has 3 N–H and O–H groups in total. The molecular formula is C13H9Br2FN2OS2. The van der Waals surface area contributed by atoms with Crippen LogP contribution >= 0.6 is 55.4 Å². The lowest BCUT2D eigenvalue weighted by Gasteiger charge is -2.07. The molecule has 1 aromatic heterocycles. The molecular weight excluding hydrogens is 443 g/mol. The van der Waals surface area contributed by atoms with E-state index in [4.69, 9.17) is 18.0 Å². The van der Waals surface area contributed by atoms with E-state index in [9.17, 15) is 9.18 Å². The maximum absolute atomic E-state index is 13.9. The number of carbonyl (C=O) groups excluding carboxylic acids is 1. The highest BCUT2D eigenvalue weighted by Gasteiger charge is 2.13. The molecule has 0 spiro atoms. The number of halogens is 3. The van der Waals surface area contributed by atoms with E-state index in [0.717, 1.165) is 8.26 Å². The van der Waals surface area contributed by atoms with Crippen LogP contribution in [0.1, 0.15) is 20.8 Å². The SMILES string of the molecule is NC(=S)c1ccc(CNC(=O)c2cc(Br)c(Br)s2)c(F)c1. The van der Waals surface area contributed by atoms with E-state index in [0.29, 0.717) is 16.0 Å². The summed E-state index contributed by atoms with van der Waals surface area (Å²) >= 11 is 12.7. The topological polar surface area (TPSA) is 55.1 Å². The van der Waals surface area contributed by atoms with E-state index >= 15 is 0 Å². The molecule has 0 unspecified atom stereocenters. The minimum Gasteiger partial charge on any atom is -0.389 e. The molecule has 0 aliphatic heterocycles. The van der Waals surface area contributed by atoms with Gasteiger partial charge < -0.3 is 11.1 Å². The van der Waals surface area contributed by atoms with Crippen LogP contribution in [0.4, 0.5) is 4.39 Å². The first-order valence-electron chi connectivity index (χ1n) is 5.69. The summed E-state index contributed by atoms with van der Waals surface area (Å²) in [5.41, 5.74) is 6.27. The number of amides is 1. The number of thiophene rings is 1. The van der Waals surface area contributed by atoms with Gasteiger partial charge in [0, 0.05) is 22.1 Å². The Hall–Kier alpha value is -0.830. The lowest BCUT2D eigenvalue weighted by Crippen LogP contribution is -2.22. The van der Waals surface area contributed by atoms with E-state index in [1.807, 2.05) is 0 Å². The number of nitrogens with one attached hydrogen (secondary N) is 1. The second kappa shape index (κ2) is 6.95. The van der Waals surface area contributed by atoms with Crippen LogP contribution in [0.3, 0.4) is 0 Å². The highest BCUT2D eigenvalue weighted by molar-refractivity contribution is 9.13. The number of hydrogen-bond acceptors (Lipinski definition) is 3. The molecule has 1 heterocycles. The Bertz CT molecular complexity index is 699. The summed E-state index contributed by atoms with van der Waals surface area (Å²) in [6.07, 6.45) is 0. The zero-order valence-corrected chi connectivity index (χ0v) is 15.3. The molecule has 2 rings (SSSR count). The van der Waals surface area contributed by atoms with Gasteiger partial charge in [-0.3, -0.25) is 4.79 Å². The van der Waals surface area contributed by atoms with Gasteiger partial charge in [-0.2, -0.15) is 0 Å². The lowest BCUT2D eigenvalue weighted by atomic mass is 10.1. The van der Waals surface area contributed by atoms with Gasteiger partial charge in [-0.25, -0.2) is 4.39 Å². The van der Waals surface area contributed by atoms with E-state index in [2.05, 4.69) is 37.2 Å². The largest absolute Gasteiger partial charge is 0.389 e. The number of hydrogen-bond donors (Lipinski definition) is 2. The number of benzene rings is 1. The van der Waals surface area contributed by atoms with Crippen molar-refractivity contribution in [3.05, 3.63) is 54.3 Å². The first-order chi connectivity index (χ1) is 9.88. The predicted molar refractivity (Wildman–Crippen MR) is 93.2 cm³/mol.